The number of amides is 1. The molecule has 1 amide bonds. The Morgan fingerprint density at radius 1 is 1.50 bits per heavy atom. The number of nitrogens with zero attached hydrogens (tertiary/aromatic N) is 1. The van der Waals surface area contributed by atoms with E-state index >= 15 is 0 Å². The minimum absolute atomic E-state index is 0.000278. The molecule has 3 nitrogen and oxygen atoms in total. The van der Waals surface area contributed by atoms with Crippen molar-refractivity contribution in [3.05, 3.63) is 28.2 Å². The fourth-order valence-electron chi connectivity index (χ4n) is 1.92. The maximum atomic E-state index is 12.4. The van der Waals surface area contributed by atoms with Gasteiger partial charge >= 0.3 is 0 Å². The van der Waals surface area contributed by atoms with Gasteiger partial charge in [0.2, 0.25) is 0 Å². The van der Waals surface area contributed by atoms with E-state index in [1.807, 2.05) is 18.7 Å². The van der Waals surface area contributed by atoms with Crippen LogP contribution in [0.4, 0.5) is 0 Å². The minimum atomic E-state index is -0.000278. The lowest BCUT2D eigenvalue weighted by Crippen LogP contribution is -2.38. The van der Waals surface area contributed by atoms with Crippen LogP contribution in [-0.4, -0.2) is 28.5 Å². The first-order valence-corrected chi connectivity index (χ1v) is 7.08. The quantitative estimate of drug-likeness (QED) is 0.925. The van der Waals surface area contributed by atoms with Crippen LogP contribution in [0.3, 0.4) is 0 Å². The molecule has 1 fully saturated rings. The van der Waals surface area contributed by atoms with Crippen molar-refractivity contribution in [2.75, 3.05) is 6.54 Å². The summed E-state index contributed by atoms with van der Waals surface area (Å²) in [5.74, 6) is 0.774. The van der Waals surface area contributed by atoms with Gasteiger partial charge in [-0.3, -0.25) is 4.79 Å². The van der Waals surface area contributed by atoms with Crippen molar-refractivity contribution < 1.29 is 9.90 Å². The molecule has 0 bridgehead atoms. The van der Waals surface area contributed by atoms with Crippen LogP contribution in [-0.2, 0) is 0 Å². The summed E-state index contributed by atoms with van der Waals surface area (Å²) in [7, 11) is 0. The van der Waals surface area contributed by atoms with Gasteiger partial charge in [-0.1, -0.05) is 0 Å². The average Bonchev–Trinajstić information content (AvgIpc) is 3.12. The zero-order valence-corrected chi connectivity index (χ0v) is 12.3. The Kier molecular flexibility index (Phi) is 3.95. The van der Waals surface area contributed by atoms with Crippen molar-refractivity contribution in [1.82, 2.24) is 4.90 Å². The molecule has 0 unspecified atom stereocenters. The van der Waals surface area contributed by atoms with Crippen molar-refractivity contribution in [2.24, 2.45) is 5.92 Å². The number of hydrogen-bond donors (Lipinski definition) is 1. The molecule has 0 radical (unpaired) electrons. The molecule has 98 valence electrons. The lowest BCUT2D eigenvalue weighted by molar-refractivity contribution is 0.0696. The topological polar surface area (TPSA) is 40.5 Å². The predicted molar refractivity (Wildman–Crippen MR) is 74.7 cm³/mol. The number of halogens is 1. The molecular formula is C14H18BrNO2. The zero-order chi connectivity index (χ0) is 13.3. The molecule has 1 aliphatic carbocycles. The van der Waals surface area contributed by atoms with Crippen LogP contribution in [0.15, 0.2) is 22.7 Å². The molecule has 0 saturated heterocycles. The standard InChI is InChI=1S/C14H18BrNO2/c1-9(2)16(8-10-3-4-10)14(18)11-5-6-12(15)13(17)7-11/h5-7,9-10,17H,3-4,8H2,1-2H3. The summed E-state index contributed by atoms with van der Waals surface area (Å²) in [6.07, 6.45) is 2.45. The molecule has 1 aromatic rings. The smallest absolute Gasteiger partial charge is 0.254 e. The largest absolute Gasteiger partial charge is 0.507 e. The van der Waals surface area contributed by atoms with E-state index in [4.69, 9.17) is 0 Å². The summed E-state index contributed by atoms with van der Waals surface area (Å²) < 4.78 is 0.609. The Balaban J connectivity index is 2.18. The molecule has 0 aliphatic heterocycles. The Morgan fingerprint density at radius 3 is 2.67 bits per heavy atom. The molecule has 1 aliphatic rings. The number of benzene rings is 1. The highest BCUT2D eigenvalue weighted by molar-refractivity contribution is 9.10. The summed E-state index contributed by atoms with van der Waals surface area (Å²) >= 11 is 3.22. The van der Waals surface area contributed by atoms with Gasteiger partial charge < -0.3 is 10.0 Å². The van der Waals surface area contributed by atoms with Crippen LogP contribution >= 0.6 is 15.9 Å². The van der Waals surface area contributed by atoms with E-state index in [1.165, 1.54) is 18.9 Å². The molecule has 0 atom stereocenters. The van der Waals surface area contributed by atoms with Crippen molar-refractivity contribution >= 4 is 21.8 Å². The second-order valence-corrected chi connectivity index (χ2v) is 6.02. The number of phenols is 1. The average molecular weight is 312 g/mol. The Morgan fingerprint density at radius 2 is 2.17 bits per heavy atom. The third-order valence-electron chi connectivity index (χ3n) is 3.23. The van der Waals surface area contributed by atoms with Gasteiger partial charge in [0.05, 0.1) is 4.47 Å². The number of phenolic OH excluding ortho intramolecular Hbond substituents is 1. The Labute approximate surface area is 116 Å². The first kappa shape index (κ1) is 13.4. The SMILES string of the molecule is CC(C)N(CC1CC1)C(=O)c1ccc(Br)c(O)c1. The fourth-order valence-corrected chi connectivity index (χ4v) is 2.16. The number of carbonyl (C=O) groups is 1. The van der Waals surface area contributed by atoms with Crippen molar-refractivity contribution in [3.63, 3.8) is 0 Å². The summed E-state index contributed by atoms with van der Waals surface area (Å²) in [6, 6.07) is 5.16. The first-order valence-electron chi connectivity index (χ1n) is 6.28. The predicted octanol–water partition coefficient (Wildman–Crippen LogP) is 3.42. The highest BCUT2D eigenvalue weighted by Crippen LogP contribution is 2.31. The van der Waals surface area contributed by atoms with E-state index in [0.29, 0.717) is 16.0 Å². The van der Waals surface area contributed by atoms with E-state index in [-0.39, 0.29) is 17.7 Å². The number of aromatic hydroxyl groups is 1. The highest BCUT2D eigenvalue weighted by Gasteiger charge is 2.28. The zero-order valence-electron chi connectivity index (χ0n) is 10.7. The van der Waals surface area contributed by atoms with Gasteiger partial charge in [0, 0.05) is 18.2 Å². The van der Waals surface area contributed by atoms with E-state index < -0.39 is 0 Å². The van der Waals surface area contributed by atoms with Gasteiger partial charge in [-0.15, -0.1) is 0 Å². The molecule has 1 N–H and O–H groups in total. The van der Waals surface area contributed by atoms with Crippen molar-refractivity contribution in [3.8, 4) is 5.75 Å². The molecule has 1 saturated carbocycles. The summed E-state index contributed by atoms with van der Waals surface area (Å²) in [5, 5.41) is 9.65. The van der Waals surface area contributed by atoms with Crippen LogP contribution in [0, 0.1) is 5.92 Å². The van der Waals surface area contributed by atoms with Gasteiger partial charge in [-0.2, -0.15) is 0 Å². The second kappa shape index (κ2) is 5.31. The molecule has 0 heterocycles. The van der Waals surface area contributed by atoms with Crippen LogP contribution < -0.4 is 0 Å². The van der Waals surface area contributed by atoms with Crippen LogP contribution in [0.5, 0.6) is 5.75 Å². The lowest BCUT2D eigenvalue weighted by atomic mass is 10.1. The van der Waals surface area contributed by atoms with Gasteiger partial charge in [0.1, 0.15) is 5.75 Å². The number of carbonyl (C=O) groups excluding carboxylic acids is 1. The van der Waals surface area contributed by atoms with Gasteiger partial charge in [-0.05, 0) is 66.7 Å². The maximum Gasteiger partial charge on any atom is 0.254 e. The fraction of sp³-hybridized carbons (Fsp3) is 0.500. The van der Waals surface area contributed by atoms with E-state index in [9.17, 15) is 9.90 Å². The highest BCUT2D eigenvalue weighted by atomic mass is 79.9. The molecule has 4 heteroatoms. The summed E-state index contributed by atoms with van der Waals surface area (Å²) in [5.41, 5.74) is 0.546. The first-order chi connectivity index (χ1) is 8.49. The minimum Gasteiger partial charge on any atom is -0.507 e. The normalized spacial score (nSPS) is 14.9. The third kappa shape index (κ3) is 3.05. The van der Waals surface area contributed by atoms with Crippen molar-refractivity contribution in [1.29, 1.82) is 0 Å². The van der Waals surface area contributed by atoms with Crippen LogP contribution in [0.2, 0.25) is 0 Å². The third-order valence-corrected chi connectivity index (χ3v) is 3.90. The van der Waals surface area contributed by atoms with Crippen molar-refractivity contribution in [2.45, 2.75) is 32.7 Å². The summed E-state index contributed by atoms with van der Waals surface area (Å²) in [4.78, 5) is 14.3. The van der Waals surface area contributed by atoms with Gasteiger partial charge in [0.25, 0.3) is 5.91 Å². The van der Waals surface area contributed by atoms with E-state index in [0.717, 1.165) is 6.54 Å². The van der Waals surface area contributed by atoms with Gasteiger partial charge in [0.15, 0.2) is 0 Å². The molecule has 18 heavy (non-hydrogen) atoms. The van der Waals surface area contributed by atoms with Crippen LogP contribution in [0.1, 0.15) is 37.0 Å². The Bertz CT molecular complexity index is 455. The van der Waals surface area contributed by atoms with E-state index in [1.54, 1.807) is 12.1 Å². The summed E-state index contributed by atoms with van der Waals surface area (Å²) in [6.45, 7) is 4.88. The molecular weight excluding hydrogens is 294 g/mol. The maximum absolute atomic E-state index is 12.4. The Hall–Kier alpha value is -1.03. The molecule has 2 rings (SSSR count). The lowest BCUT2D eigenvalue weighted by Gasteiger charge is -2.27. The van der Waals surface area contributed by atoms with Gasteiger partial charge in [-0.25, -0.2) is 0 Å². The molecule has 0 spiro atoms. The molecule has 0 aromatic heterocycles. The number of rotatable bonds is 4. The molecule has 1 aromatic carbocycles. The second-order valence-electron chi connectivity index (χ2n) is 5.16. The van der Waals surface area contributed by atoms with Crippen LogP contribution in [0.25, 0.3) is 0 Å². The van der Waals surface area contributed by atoms with E-state index in [2.05, 4.69) is 15.9 Å². The number of hydrogen-bond acceptors (Lipinski definition) is 2. The monoisotopic (exact) mass is 311 g/mol.